The maximum Gasteiger partial charge on any atom is 0.319 e. The minimum atomic E-state index is -3.77. The zero-order valence-corrected chi connectivity index (χ0v) is 22.6. The molecule has 37 heavy (non-hydrogen) atoms. The van der Waals surface area contributed by atoms with E-state index in [2.05, 4.69) is 32.6 Å². The van der Waals surface area contributed by atoms with Crippen LogP contribution in [0.5, 0.6) is 0 Å². The number of sulfonamides is 1. The maximum absolute atomic E-state index is 12.8. The molecule has 1 aromatic heterocycles. The molecule has 9 nitrogen and oxygen atoms in total. The summed E-state index contributed by atoms with van der Waals surface area (Å²) in [5.74, 6) is 0. The van der Waals surface area contributed by atoms with Gasteiger partial charge in [0, 0.05) is 30.7 Å². The Morgan fingerprint density at radius 3 is 2.41 bits per heavy atom. The quantitative estimate of drug-likeness (QED) is 0.179. The van der Waals surface area contributed by atoms with Crippen molar-refractivity contribution in [1.29, 1.82) is 0 Å². The summed E-state index contributed by atoms with van der Waals surface area (Å²) in [5, 5.41) is 18.8. The van der Waals surface area contributed by atoms with Gasteiger partial charge >= 0.3 is 6.03 Å². The average molecular weight is 546 g/mol. The number of nitrogens with zero attached hydrogens (tertiary/aromatic N) is 1. The molecule has 0 fully saturated rings. The molecule has 0 spiro atoms. The molecule has 2 amide bonds. The number of hydrogen-bond donors (Lipinski definition) is 5. The first-order valence-electron chi connectivity index (χ1n) is 12.4. The first-order chi connectivity index (χ1) is 17.9. The van der Waals surface area contributed by atoms with Gasteiger partial charge in [0.1, 0.15) is 6.10 Å². The number of anilines is 2. The van der Waals surface area contributed by atoms with Gasteiger partial charge in [0.05, 0.1) is 15.3 Å². The number of carbonyl (C=O) groups excluding carboxylic acids is 1. The van der Waals surface area contributed by atoms with E-state index in [1.807, 2.05) is 12.1 Å². The fourth-order valence-electron chi connectivity index (χ4n) is 3.56. The van der Waals surface area contributed by atoms with Crippen molar-refractivity contribution in [3.05, 3.63) is 70.7 Å². The minimum Gasteiger partial charge on any atom is -0.386 e. The van der Waals surface area contributed by atoms with Crippen LogP contribution in [0.2, 0.25) is 0 Å². The van der Waals surface area contributed by atoms with E-state index >= 15 is 0 Å². The summed E-state index contributed by atoms with van der Waals surface area (Å²) in [4.78, 5) is 16.9. The third kappa shape index (κ3) is 9.77. The van der Waals surface area contributed by atoms with Gasteiger partial charge in [-0.1, -0.05) is 38.3 Å². The molecule has 3 aromatic rings. The Bertz CT molecular complexity index is 1180. The van der Waals surface area contributed by atoms with Crippen molar-refractivity contribution in [1.82, 2.24) is 15.6 Å². The number of unbranched alkanes of at least 4 members (excludes halogenated alkanes) is 3. The fourth-order valence-corrected chi connectivity index (χ4v) is 5.23. The Hall–Kier alpha value is -2.99. The molecule has 5 N–H and O–H groups in total. The SMILES string of the molecule is CCCCCCNC(=O)Nc1ccc(S(=O)(=O)Nc2ccc(CCNCC(O)c3cncs3)cc2)cc1. The second-order valence-corrected chi connectivity index (χ2v) is 11.2. The van der Waals surface area contributed by atoms with Gasteiger partial charge in [-0.2, -0.15) is 0 Å². The lowest BCUT2D eigenvalue weighted by Gasteiger charge is -2.11. The summed E-state index contributed by atoms with van der Waals surface area (Å²) >= 11 is 1.42. The van der Waals surface area contributed by atoms with Crippen LogP contribution < -0.4 is 20.7 Å². The number of thiazole rings is 1. The van der Waals surface area contributed by atoms with E-state index in [-0.39, 0.29) is 10.9 Å². The molecule has 200 valence electrons. The normalized spacial score (nSPS) is 12.2. The lowest BCUT2D eigenvalue weighted by Crippen LogP contribution is -2.29. The van der Waals surface area contributed by atoms with Crippen LogP contribution in [-0.4, -0.2) is 44.2 Å². The van der Waals surface area contributed by atoms with Crippen LogP contribution in [-0.2, 0) is 16.4 Å². The molecule has 11 heteroatoms. The zero-order chi connectivity index (χ0) is 26.5. The highest BCUT2D eigenvalue weighted by molar-refractivity contribution is 7.92. The van der Waals surface area contributed by atoms with E-state index in [0.717, 1.165) is 42.5 Å². The molecule has 1 heterocycles. The molecule has 0 saturated carbocycles. The molecule has 0 aliphatic carbocycles. The van der Waals surface area contributed by atoms with Gasteiger partial charge < -0.3 is 21.1 Å². The molecule has 0 aliphatic heterocycles. The number of aromatic nitrogens is 1. The van der Waals surface area contributed by atoms with Crippen molar-refractivity contribution in [3.8, 4) is 0 Å². The van der Waals surface area contributed by atoms with Crippen LogP contribution in [0.4, 0.5) is 16.2 Å². The van der Waals surface area contributed by atoms with Crippen LogP contribution in [0, 0.1) is 0 Å². The number of benzene rings is 2. The highest BCUT2D eigenvalue weighted by Gasteiger charge is 2.14. The first-order valence-corrected chi connectivity index (χ1v) is 14.8. The number of hydrogen-bond acceptors (Lipinski definition) is 7. The van der Waals surface area contributed by atoms with Gasteiger partial charge in [-0.3, -0.25) is 9.71 Å². The highest BCUT2D eigenvalue weighted by atomic mass is 32.2. The molecule has 1 atom stereocenters. The van der Waals surface area contributed by atoms with Crippen molar-refractivity contribution in [2.24, 2.45) is 0 Å². The van der Waals surface area contributed by atoms with Gasteiger partial charge in [0.15, 0.2) is 0 Å². The highest BCUT2D eigenvalue weighted by Crippen LogP contribution is 2.19. The average Bonchev–Trinajstić information content (AvgIpc) is 3.43. The Morgan fingerprint density at radius 1 is 1.00 bits per heavy atom. The topological polar surface area (TPSA) is 132 Å². The predicted molar refractivity (Wildman–Crippen MR) is 149 cm³/mol. The summed E-state index contributed by atoms with van der Waals surface area (Å²) in [5.41, 5.74) is 3.71. The third-order valence-electron chi connectivity index (χ3n) is 5.65. The molecule has 3 rings (SSSR count). The minimum absolute atomic E-state index is 0.103. The van der Waals surface area contributed by atoms with E-state index in [9.17, 15) is 18.3 Å². The van der Waals surface area contributed by atoms with E-state index < -0.39 is 16.1 Å². The van der Waals surface area contributed by atoms with Gasteiger partial charge in [0.25, 0.3) is 10.0 Å². The van der Waals surface area contributed by atoms with Crippen LogP contribution in [0.1, 0.15) is 49.2 Å². The first kappa shape index (κ1) is 28.6. The summed E-state index contributed by atoms with van der Waals surface area (Å²) < 4.78 is 28.1. The van der Waals surface area contributed by atoms with Crippen LogP contribution in [0.15, 0.2) is 65.1 Å². The second-order valence-electron chi connectivity index (χ2n) is 8.64. The summed E-state index contributed by atoms with van der Waals surface area (Å²) in [6.45, 7) is 3.86. The number of nitrogens with one attached hydrogen (secondary N) is 4. The number of carbonyl (C=O) groups is 1. The van der Waals surface area contributed by atoms with Gasteiger partial charge in [-0.05, 0) is 61.3 Å². The van der Waals surface area contributed by atoms with Crippen molar-refractivity contribution < 1.29 is 18.3 Å². The van der Waals surface area contributed by atoms with Crippen molar-refractivity contribution in [2.75, 3.05) is 29.7 Å². The standard InChI is InChI=1S/C26H35N5O4S2/c1-2-3-4-5-15-29-26(33)30-21-10-12-23(13-11-21)37(34,35)31-22-8-6-20(7-9-22)14-16-27-17-24(32)25-18-28-19-36-25/h6-13,18-19,24,27,31-32H,2-5,14-17H2,1H3,(H2,29,30,33). The number of rotatable bonds is 15. The predicted octanol–water partition coefficient (Wildman–Crippen LogP) is 4.51. The largest absolute Gasteiger partial charge is 0.386 e. The second kappa shape index (κ2) is 14.7. The molecule has 0 saturated heterocycles. The van der Waals surface area contributed by atoms with Crippen LogP contribution in [0.3, 0.4) is 0 Å². The monoisotopic (exact) mass is 545 g/mol. The van der Waals surface area contributed by atoms with Crippen molar-refractivity contribution in [2.45, 2.75) is 50.0 Å². The number of amides is 2. The molecule has 0 radical (unpaired) electrons. The van der Waals surface area contributed by atoms with E-state index in [0.29, 0.717) is 31.0 Å². The number of aliphatic hydroxyl groups is 1. The Morgan fingerprint density at radius 2 is 1.73 bits per heavy atom. The molecule has 0 bridgehead atoms. The number of urea groups is 1. The maximum atomic E-state index is 12.8. The fraction of sp³-hybridized carbons (Fsp3) is 0.385. The van der Waals surface area contributed by atoms with Crippen molar-refractivity contribution >= 4 is 38.8 Å². The summed E-state index contributed by atoms with van der Waals surface area (Å²) in [6, 6.07) is 12.9. The number of aliphatic hydroxyl groups excluding tert-OH is 1. The van der Waals surface area contributed by atoms with Crippen LogP contribution >= 0.6 is 11.3 Å². The summed E-state index contributed by atoms with van der Waals surface area (Å²) in [7, 11) is -3.77. The van der Waals surface area contributed by atoms with Crippen molar-refractivity contribution in [3.63, 3.8) is 0 Å². The third-order valence-corrected chi connectivity index (χ3v) is 7.93. The van der Waals surface area contributed by atoms with Gasteiger partial charge in [-0.25, -0.2) is 13.2 Å². The van der Waals surface area contributed by atoms with Gasteiger partial charge in [-0.15, -0.1) is 11.3 Å². The zero-order valence-electron chi connectivity index (χ0n) is 20.9. The summed E-state index contributed by atoms with van der Waals surface area (Å²) in [6.07, 6.45) is 6.12. The van der Waals surface area contributed by atoms with Crippen LogP contribution in [0.25, 0.3) is 0 Å². The van der Waals surface area contributed by atoms with E-state index in [4.69, 9.17) is 0 Å². The van der Waals surface area contributed by atoms with Gasteiger partial charge in [0.2, 0.25) is 0 Å². The Labute approximate surface area is 222 Å². The molecule has 2 aromatic carbocycles. The van der Waals surface area contributed by atoms with E-state index in [1.165, 1.54) is 23.5 Å². The molecular weight excluding hydrogens is 510 g/mol. The molecular formula is C26H35N5O4S2. The Balaban J connectivity index is 1.42. The molecule has 0 aliphatic rings. The smallest absolute Gasteiger partial charge is 0.319 e. The van der Waals surface area contributed by atoms with E-state index in [1.54, 1.807) is 36.0 Å². The lowest BCUT2D eigenvalue weighted by molar-refractivity contribution is 0.178. The lowest BCUT2D eigenvalue weighted by atomic mass is 10.1. The molecule has 1 unspecified atom stereocenters. The Kier molecular flexibility index (Phi) is 11.3.